The molecule has 0 unspecified atom stereocenters. The van der Waals surface area contributed by atoms with Gasteiger partial charge in [0.2, 0.25) is 0 Å². The van der Waals surface area contributed by atoms with E-state index in [1.807, 2.05) is 49.4 Å². The van der Waals surface area contributed by atoms with Crippen molar-refractivity contribution in [1.82, 2.24) is 0 Å². The Hall–Kier alpha value is -2.13. The molecule has 21 heavy (non-hydrogen) atoms. The largest absolute Gasteiger partial charge is 0.497 e. The monoisotopic (exact) mass is 302 g/mol. The van der Waals surface area contributed by atoms with E-state index in [9.17, 15) is 0 Å². The van der Waals surface area contributed by atoms with E-state index in [4.69, 9.17) is 25.8 Å². The number of hydrogen-bond donors (Lipinski definition) is 0. The smallest absolute Gasteiger partial charge is 0.138 e. The van der Waals surface area contributed by atoms with Gasteiger partial charge in [-0.3, -0.25) is 0 Å². The lowest BCUT2D eigenvalue weighted by atomic mass is 10.1. The zero-order valence-corrected chi connectivity index (χ0v) is 12.6. The summed E-state index contributed by atoms with van der Waals surface area (Å²) in [6.07, 6.45) is 1.91. The highest BCUT2D eigenvalue weighted by Gasteiger charge is 2.20. The fourth-order valence-electron chi connectivity index (χ4n) is 2.27. The summed E-state index contributed by atoms with van der Waals surface area (Å²) in [5.74, 6) is 2.90. The van der Waals surface area contributed by atoms with Gasteiger partial charge < -0.3 is 14.2 Å². The van der Waals surface area contributed by atoms with E-state index in [0.29, 0.717) is 17.4 Å². The van der Waals surface area contributed by atoms with Crippen molar-refractivity contribution in [2.24, 2.45) is 0 Å². The van der Waals surface area contributed by atoms with Gasteiger partial charge in [-0.25, -0.2) is 0 Å². The van der Waals surface area contributed by atoms with Crippen LogP contribution in [0.3, 0.4) is 0 Å². The van der Waals surface area contributed by atoms with Crippen molar-refractivity contribution in [3.63, 3.8) is 0 Å². The SMILES string of the molecule is CCOC1=Cc2c(Cl)cccc2Oc2ccc(OC)cc21. The molecule has 1 heterocycles. The van der Waals surface area contributed by atoms with Crippen LogP contribution in [0.15, 0.2) is 36.4 Å². The van der Waals surface area contributed by atoms with Crippen molar-refractivity contribution in [2.75, 3.05) is 13.7 Å². The van der Waals surface area contributed by atoms with Gasteiger partial charge in [-0.05, 0) is 43.3 Å². The zero-order valence-electron chi connectivity index (χ0n) is 11.9. The van der Waals surface area contributed by atoms with Crippen molar-refractivity contribution < 1.29 is 14.2 Å². The van der Waals surface area contributed by atoms with Crippen molar-refractivity contribution in [3.8, 4) is 17.2 Å². The molecule has 2 aromatic rings. The van der Waals surface area contributed by atoms with Crippen LogP contribution in [0.25, 0.3) is 11.8 Å². The Morgan fingerprint density at radius 3 is 2.76 bits per heavy atom. The van der Waals surface area contributed by atoms with Crippen LogP contribution in [-0.4, -0.2) is 13.7 Å². The molecule has 0 radical (unpaired) electrons. The maximum absolute atomic E-state index is 6.28. The highest BCUT2D eigenvalue weighted by atomic mass is 35.5. The number of ether oxygens (including phenoxy) is 3. The van der Waals surface area contributed by atoms with E-state index < -0.39 is 0 Å². The molecule has 0 aliphatic carbocycles. The molecule has 3 rings (SSSR count). The van der Waals surface area contributed by atoms with Crippen molar-refractivity contribution >= 4 is 23.4 Å². The molecule has 0 spiro atoms. The van der Waals surface area contributed by atoms with Crippen LogP contribution < -0.4 is 9.47 Å². The summed E-state index contributed by atoms with van der Waals surface area (Å²) in [5, 5.41) is 0.629. The molecule has 108 valence electrons. The average molecular weight is 303 g/mol. The van der Waals surface area contributed by atoms with Gasteiger partial charge in [-0.2, -0.15) is 0 Å². The first-order valence-corrected chi connectivity index (χ1v) is 7.10. The minimum Gasteiger partial charge on any atom is -0.497 e. The first-order valence-electron chi connectivity index (χ1n) is 6.72. The van der Waals surface area contributed by atoms with Crippen molar-refractivity contribution in [1.29, 1.82) is 0 Å². The normalized spacial score (nSPS) is 12.4. The number of halogens is 1. The van der Waals surface area contributed by atoms with Crippen LogP contribution in [0.4, 0.5) is 0 Å². The molecule has 0 bridgehead atoms. The Balaban J connectivity index is 2.21. The summed E-state index contributed by atoms with van der Waals surface area (Å²) in [6.45, 7) is 2.50. The molecule has 1 aliphatic heterocycles. The third kappa shape index (κ3) is 2.57. The molecule has 0 fully saturated rings. The predicted octanol–water partition coefficient (Wildman–Crippen LogP) is 4.99. The minimum absolute atomic E-state index is 0.558. The molecule has 0 saturated heterocycles. The zero-order chi connectivity index (χ0) is 14.8. The second kappa shape index (κ2) is 5.70. The first kappa shape index (κ1) is 13.8. The lowest BCUT2D eigenvalue weighted by molar-refractivity contribution is 0.299. The average Bonchev–Trinajstić information content (AvgIpc) is 2.65. The van der Waals surface area contributed by atoms with Crippen molar-refractivity contribution in [3.05, 3.63) is 52.5 Å². The maximum Gasteiger partial charge on any atom is 0.138 e. The van der Waals surface area contributed by atoms with Gasteiger partial charge >= 0.3 is 0 Å². The number of hydrogen-bond acceptors (Lipinski definition) is 3. The van der Waals surface area contributed by atoms with E-state index in [-0.39, 0.29) is 0 Å². The second-order valence-electron chi connectivity index (χ2n) is 4.56. The molecule has 2 aromatic carbocycles. The van der Waals surface area contributed by atoms with Gasteiger partial charge in [0, 0.05) is 5.56 Å². The summed E-state index contributed by atoms with van der Waals surface area (Å²) in [5.41, 5.74) is 1.67. The van der Waals surface area contributed by atoms with Gasteiger partial charge in [0.05, 0.1) is 24.3 Å². The first-order chi connectivity index (χ1) is 10.2. The molecule has 3 nitrogen and oxygen atoms in total. The molecular weight excluding hydrogens is 288 g/mol. The summed E-state index contributed by atoms with van der Waals surface area (Å²) < 4.78 is 17.0. The number of methoxy groups -OCH3 is 1. The third-order valence-corrected chi connectivity index (χ3v) is 3.59. The fourth-order valence-corrected chi connectivity index (χ4v) is 2.49. The van der Waals surface area contributed by atoms with Crippen LogP contribution >= 0.6 is 11.6 Å². The van der Waals surface area contributed by atoms with E-state index in [1.54, 1.807) is 7.11 Å². The Morgan fingerprint density at radius 2 is 2.00 bits per heavy atom. The standard InChI is InChI=1S/C17H15ClO3/c1-3-20-17-10-12-14(18)5-4-6-15(12)21-16-8-7-11(19-2)9-13(16)17/h4-10H,3H2,1-2H3. The third-order valence-electron chi connectivity index (χ3n) is 3.26. The van der Waals surface area contributed by atoms with Gasteiger partial charge in [-0.1, -0.05) is 17.7 Å². The van der Waals surface area contributed by atoms with Gasteiger partial charge in [-0.15, -0.1) is 0 Å². The highest BCUT2D eigenvalue weighted by Crippen LogP contribution is 2.42. The van der Waals surface area contributed by atoms with E-state index in [0.717, 1.165) is 28.4 Å². The molecule has 1 aliphatic rings. The van der Waals surface area contributed by atoms with Crippen molar-refractivity contribution in [2.45, 2.75) is 6.92 Å². The molecule has 0 amide bonds. The van der Waals surface area contributed by atoms with E-state index in [2.05, 4.69) is 0 Å². The number of fused-ring (bicyclic) bond motifs is 2. The fraction of sp³-hybridized carbons (Fsp3) is 0.176. The van der Waals surface area contributed by atoms with Gasteiger partial charge in [0.15, 0.2) is 0 Å². The summed E-state index contributed by atoms with van der Waals surface area (Å²) >= 11 is 6.28. The molecule has 0 saturated carbocycles. The summed E-state index contributed by atoms with van der Waals surface area (Å²) in [7, 11) is 1.63. The summed E-state index contributed by atoms with van der Waals surface area (Å²) in [4.78, 5) is 0. The quantitative estimate of drug-likeness (QED) is 0.799. The highest BCUT2D eigenvalue weighted by molar-refractivity contribution is 6.32. The molecular formula is C17H15ClO3. The lowest BCUT2D eigenvalue weighted by Crippen LogP contribution is -1.94. The Bertz CT molecular complexity index is 707. The van der Waals surface area contributed by atoms with Gasteiger partial charge in [0.1, 0.15) is 23.0 Å². The topological polar surface area (TPSA) is 27.7 Å². The maximum atomic E-state index is 6.28. The van der Waals surface area contributed by atoms with Crippen LogP contribution in [0.2, 0.25) is 5.02 Å². The minimum atomic E-state index is 0.558. The van der Waals surface area contributed by atoms with E-state index in [1.165, 1.54) is 0 Å². The Morgan fingerprint density at radius 1 is 1.14 bits per heavy atom. The lowest BCUT2D eigenvalue weighted by Gasteiger charge is -2.12. The Labute approximate surface area is 128 Å². The number of rotatable bonds is 3. The predicted molar refractivity (Wildman–Crippen MR) is 84.0 cm³/mol. The van der Waals surface area contributed by atoms with Crippen LogP contribution in [0.1, 0.15) is 18.1 Å². The van der Waals surface area contributed by atoms with Gasteiger partial charge in [0.25, 0.3) is 0 Å². The number of benzene rings is 2. The van der Waals surface area contributed by atoms with Crippen LogP contribution in [0.5, 0.6) is 17.2 Å². The molecule has 4 heteroatoms. The molecule has 0 atom stereocenters. The molecule has 0 aromatic heterocycles. The van der Waals surface area contributed by atoms with Crippen LogP contribution in [0, 0.1) is 0 Å². The summed E-state index contributed by atoms with van der Waals surface area (Å²) in [6, 6.07) is 11.2. The molecule has 0 N–H and O–H groups in total. The Kier molecular flexibility index (Phi) is 3.76. The van der Waals surface area contributed by atoms with E-state index >= 15 is 0 Å². The van der Waals surface area contributed by atoms with Crippen LogP contribution in [-0.2, 0) is 4.74 Å². The second-order valence-corrected chi connectivity index (χ2v) is 4.96.